The fraction of sp³-hybridized carbons (Fsp3) is 0.0370. The van der Waals surface area contributed by atoms with E-state index in [2.05, 4.69) is 162 Å². The van der Waals surface area contributed by atoms with Crippen LogP contribution >= 0.6 is 0 Å². The predicted molar refractivity (Wildman–Crippen MR) is 271 cm³/mol. The number of phenols is 3. The zero-order valence-corrected chi connectivity index (χ0v) is 35.8. The van der Waals surface area contributed by atoms with Crippen molar-refractivity contribution in [3.63, 3.8) is 0 Å². The summed E-state index contributed by atoms with van der Waals surface area (Å²) in [6, 6.07) is 50.5. The van der Waals surface area contributed by atoms with Gasteiger partial charge in [0.1, 0.15) is 0 Å². The van der Waals surface area contributed by atoms with Crippen LogP contribution in [0.15, 0.2) is 157 Å². The van der Waals surface area contributed by atoms with Crippen LogP contribution in [0.25, 0.3) is 110 Å². The third-order valence-corrected chi connectivity index (χ3v) is 13.5. The molecule has 0 unspecified atom stereocenters. The van der Waals surface area contributed by atoms with Crippen LogP contribution in [-0.2, 0) is 0 Å². The van der Waals surface area contributed by atoms with E-state index in [0.29, 0.717) is 16.3 Å². The van der Waals surface area contributed by atoms with Gasteiger partial charge in [-0.1, -0.05) is 24.3 Å². The fourth-order valence-electron chi connectivity index (χ4n) is 10.2. The van der Waals surface area contributed by atoms with E-state index in [-0.39, 0.29) is 11.5 Å². The molecular weight excluding hydrogens is 768 g/mol. The summed E-state index contributed by atoms with van der Waals surface area (Å²) in [6.45, 7) is 3.91. The van der Waals surface area contributed by atoms with Gasteiger partial charge in [-0.2, -0.15) is 0 Å². The van der Waals surface area contributed by atoms with Crippen LogP contribution in [0.4, 0.5) is 0 Å². The van der Waals surface area contributed by atoms with E-state index in [1.54, 1.807) is 6.92 Å². The predicted octanol–water partition coefficient (Wildman–Crippen LogP) is 8.95. The molecule has 0 saturated carbocycles. The van der Waals surface area contributed by atoms with Crippen molar-refractivity contribution in [2.24, 2.45) is 0 Å². The Labute approximate surface area is 368 Å². The molecule has 0 atom stereocenters. The number of phenolic OH excluding ortho intramolecular Hbond substituents is 3. The summed E-state index contributed by atoms with van der Waals surface area (Å²) in [7, 11) is 11.2. The van der Waals surface area contributed by atoms with Crippen molar-refractivity contribution in [1.82, 2.24) is 9.55 Å². The van der Waals surface area contributed by atoms with Gasteiger partial charge in [0.05, 0.1) is 0 Å². The minimum absolute atomic E-state index is 0.360. The van der Waals surface area contributed by atoms with Crippen molar-refractivity contribution < 1.29 is 15.3 Å². The summed E-state index contributed by atoms with van der Waals surface area (Å²) >= 11 is 0. The maximum absolute atomic E-state index is 12.2. The van der Waals surface area contributed by atoms with E-state index in [9.17, 15) is 15.3 Å². The molecule has 0 aliphatic heterocycles. The molecule has 0 radical (unpaired) electrons. The number of fused-ring (bicyclic) bond motifs is 6. The van der Waals surface area contributed by atoms with E-state index in [4.69, 9.17) is 12.5 Å². The second kappa shape index (κ2) is 14.3. The molecule has 11 rings (SSSR count). The van der Waals surface area contributed by atoms with Crippen molar-refractivity contribution in [2.45, 2.75) is 13.8 Å². The van der Waals surface area contributed by atoms with Crippen LogP contribution in [0.2, 0.25) is 0 Å². The molecule has 9 heteroatoms. The molecule has 1 aromatic heterocycles. The first-order chi connectivity index (χ1) is 30.5. The van der Waals surface area contributed by atoms with Gasteiger partial charge >= 0.3 is 346 Å². The van der Waals surface area contributed by atoms with Crippen LogP contribution < -0.4 is 5.22 Å². The Morgan fingerprint density at radius 3 is 1.92 bits per heavy atom. The number of hydrogen-bond donors (Lipinski definition) is 3. The van der Waals surface area contributed by atoms with Crippen molar-refractivity contribution in [1.29, 1.82) is 0 Å². The number of imidazole rings is 1. The Bertz CT molecular complexity index is 3760. The van der Waals surface area contributed by atoms with E-state index < -0.39 is 5.75 Å². The maximum atomic E-state index is 12.2. The van der Waals surface area contributed by atoms with Crippen molar-refractivity contribution in [3.8, 4) is 78.8 Å². The number of aromatic hydroxyl groups is 3. The van der Waals surface area contributed by atoms with Crippen LogP contribution in [-0.4, -0.2) is 55.9 Å². The quantitative estimate of drug-likeness (QED) is 0.120. The summed E-state index contributed by atoms with van der Waals surface area (Å²) in [5.74, 6) is -0.492. The Morgan fingerprint density at radius 2 is 1.16 bits per heavy atom. The molecule has 10 aromatic rings. The molecule has 0 fully saturated rings. The molecule has 1 aliphatic carbocycles. The summed E-state index contributed by atoms with van der Waals surface area (Å²) in [5.41, 5.74) is 15.6. The number of aryl methyl sites for hydroxylation is 1. The number of benzene rings is 9. The summed E-state index contributed by atoms with van der Waals surface area (Å²) < 4.78 is 2.24. The standard InChI is InChI=1S/C54H40B4N2O3/c1-27-42-45(38-26-25-37-34-15-6-5-14-33(34)35-16-10-17-36(38)44(35)37)49(57)47(50(58)48(56)28(2)55)43(46(42)52(62)53(63)51(27)61)30-21-23-31(24-22-30)54-59-39-18-7-8-19-41(39)60(54)40-20-9-12-29-11-3-4-13-32(29)40/h3-26,57,61-63H,55-56,58H2,1-2H3/b48-28-,50-47+. The average molecular weight is 808 g/mol. The number of rotatable bonds is 5. The topological polar surface area (TPSA) is 78.5 Å². The molecule has 9 aromatic carbocycles. The minimum atomic E-state index is -0.553. The van der Waals surface area contributed by atoms with Gasteiger partial charge in [-0.25, -0.2) is 0 Å². The molecule has 0 saturated heterocycles. The van der Waals surface area contributed by atoms with Gasteiger partial charge in [0.2, 0.25) is 0 Å². The fourth-order valence-corrected chi connectivity index (χ4v) is 10.2. The van der Waals surface area contributed by atoms with Crippen LogP contribution in [0.1, 0.15) is 12.5 Å². The van der Waals surface area contributed by atoms with Gasteiger partial charge in [-0.3, -0.25) is 0 Å². The molecule has 5 nitrogen and oxygen atoms in total. The SMILES string of the molecule is B=c1c(-c2ccc3c4c(cccc24)-c2ccccc2-3)c2c(C)c(O)c(O)c(O)c2c(-c2ccc(-c3nc4ccccc4n3-c3cccc4ccccc34)cc2)/c1=C(B)/C(B)=C(/B)C. The third-order valence-electron chi connectivity index (χ3n) is 13.5. The van der Waals surface area contributed by atoms with Gasteiger partial charge in [-0.05, 0) is 0 Å². The van der Waals surface area contributed by atoms with Gasteiger partial charge in [0, 0.05) is 0 Å². The number of allylic oxidation sites excluding steroid dienone is 2. The number of nitrogens with zero attached hydrogens (tertiary/aromatic N) is 2. The normalized spacial score (nSPS) is 12.9. The summed E-state index contributed by atoms with van der Waals surface area (Å²) in [6.07, 6.45) is 0. The first kappa shape index (κ1) is 38.4. The van der Waals surface area contributed by atoms with Crippen molar-refractivity contribution in [3.05, 3.63) is 172 Å². The zero-order valence-electron chi connectivity index (χ0n) is 35.8. The zero-order chi connectivity index (χ0) is 43.4. The molecule has 0 bridgehead atoms. The van der Waals surface area contributed by atoms with Crippen molar-refractivity contribution >= 4 is 79.8 Å². The molecule has 3 N–H and O–H groups in total. The van der Waals surface area contributed by atoms with Gasteiger partial charge in [0.25, 0.3) is 0 Å². The van der Waals surface area contributed by atoms with Gasteiger partial charge in [0.15, 0.2) is 0 Å². The number of aromatic nitrogens is 2. The molecule has 1 heterocycles. The molecule has 0 amide bonds. The van der Waals surface area contributed by atoms with Gasteiger partial charge in [-0.15, -0.1) is 0 Å². The van der Waals surface area contributed by atoms with Crippen LogP contribution in [0.3, 0.4) is 0 Å². The van der Waals surface area contributed by atoms with Gasteiger partial charge < -0.3 is 0 Å². The van der Waals surface area contributed by atoms with Crippen LogP contribution in [0, 0.1) is 12.0 Å². The van der Waals surface area contributed by atoms with E-state index in [1.165, 1.54) is 22.3 Å². The first-order valence-corrected chi connectivity index (χ1v) is 21.3. The van der Waals surface area contributed by atoms with Crippen molar-refractivity contribution in [2.75, 3.05) is 0 Å². The molecule has 1 aliphatic rings. The Kier molecular flexibility index (Phi) is 8.71. The summed E-state index contributed by atoms with van der Waals surface area (Å²) in [4.78, 5) is 5.21. The van der Waals surface area contributed by atoms with E-state index >= 15 is 0 Å². The monoisotopic (exact) mass is 808 g/mol. The van der Waals surface area contributed by atoms with E-state index in [0.717, 1.165) is 98.7 Å². The Morgan fingerprint density at radius 1 is 0.556 bits per heavy atom. The first-order valence-electron chi connectivity index (χ1n) is 21.3. The number of hydrogen-bond acceptors (Lipinski definition) is 4. The molecular formula is C54H40B4N2O3. The molecule has 0 spiro atoms. The Hall–Kier alpha value is -7.50. The van der Waals surface area contributed by atoms with Crippen LogP contribution in [0.5, 0.6) is 17.2 Å². The second-order valence-corrected chi connectivity index (χ2v) is 17.0. The molecule has 63 heavy (non-hydrogen) atoms. The third kappa shape index (κ3) is 5.55. The van der Waals surface area contributed by atoms with E-state index in [1.807, 2.05) is 18.2 Å². The second-order valence-electron chi connectivity index (χ2n) is 17.0. The summed E-state index contributed by atoms with van der Waals surface area (Å²) in [5, 5.41) is 42.5. The Balaban J connectivity index is 1.22. The number of para-hydroxylation sites is 2. The average Bonchev–Trinajstić information content (AvgIpc) is 3.86. The molecule has 296 valence electrons.